The van der Waals surface area contributed by atoms with Gasteiger partial charge in [0.15, 0.2) is 0 Å². The van der Waals surface area contributed by atoms with Gasteiger partial charge in [0.1, 0.15) is 12.4 Å². The molecule has 3 nitrogen and oxygen atoms in total. The van der Waals surface area contributed by atoms with Crippen LogP contribution in [0.2, 0.25) is 0 Å². The lowest BCUT2D eigenvalue weighted by molar-refractivity contribution is -0.136. The second-order valence-corrected chi connectivity index (χ2v) is 4.37. The van der Waals surface area contributed by atoms with Crippen LogP contribution in [0.3, 0.4) is 0 Å². The average molecular weight is 280 g/mol. The first-order chi connectivity index (χ1) is 10.2. The summed E-state index contributed by atoms with van der Waals surface area (Å²) in [6, 6.07) is 16.4. The van der Waals surface area contributed by atoms with E-state index in [1.807, 2.05) is 36.4 Å². The molecule has 0 aliphatic rings. The van der Waals surface area contributed by atoms with Crippen molar-refractivity contribution in [1.29, 1.82) is 0 Å². The van der Waals surface area contributed by atoms with Crippen LogP contribution in [0.5, 0.6) is 5.75 Å². The number of ether oxygens (including phenoxy) is 1. The van der Waals surface area contributed by atoms with Gasteiger partial charge in [0.25, 0.3) is 0 Å². The van der Waals surface area contributed by atoms with Crippen molar-refractivity contribution in [3.8, 4) is 5.75 Å². The molecule has 0 saturated carbocycles. The number of benzene rings is 2. The van der Waals surface area contributed by atoms with E-state index in [1.165, 1.54) is 6.08 Å². The zero-order valence-corrected chi connectivity index (χ0v) is 11.5. The molecule has 21 heavy (non-hydrogen) atoms. The van der Waals surface area contributed by atoms with Crippen LogP contribution in [0, 0.1) is 0 Å². The van der Waals surface area contributed by atoms with Crippen molar-refractivity contribution < 1.29 is 14.6 Å². The summed E-state index contributed by atoms with van der Waals surface area (Å²) in [5.74, 6) is -0.207. The number of carbonyl (C=O) groups excluding carboxylic acids is 1. The SMILES string of the molecule is O=C(/C=C/c1ccc(O)cc1)OC/C=C/c1ccccc1. The molecule has 0 aliphatic carbocycles. The molecule has 0 bridgehead atoms. The molecule has 0 unspecified atom stereocenters. The zero-order valence-electron chi connectivity index (χ0n) is 11.5. The maximum Gasteiger partial charge on any atom is 0.331 e. The highest BCUT2D eigenvalue weighted by Crippen LogP contribution is 2.10. The second-order valence-electron chi connectivity index (χ2n) is 4.37. The number of hydrogen-bond acceptors (Lipinski definition) is 3. The van der Waals surface area contributed by atoms with E-state index in [2.05, 4.69) is 0 Å². The number of phenols is 1. The van der Waals surface area contributed by atoms with Gasteiger partial charge in [0.05, 0.1) is 0 Å². The Morgan fingerprint density at radius 3 is 2.33 bits per heavy atom. The molecule has 0 radical (unpaired) electrons. The van der Waals surface area contributed by atoms with Crippen molar-refractivity contribution in [1.82, 2.24) is 0 Å². The summed E-state index contributed by atoms with van der Waals surface area (Å²) in [7, 11) is 0. The first-order valence-electron chi connectivity index (χ1n) is 6.59. The molecular formula is C18H16O3. The second kappa shape index (κ2) is 7.70. The summed E-state index contributed by atoms with van der Waals surface area (Å²) in [5.41, 5.74) is 1.89. The highest BCUT2D eigenvalue weighted by Gasteiger charge is 1.95. The minimum absolute atomic E-state index is 0.195. The smallest absolute Gasteiger partial charge is 0.331 e. The molecule has 0 heterocycles. The van der Waals surface area contributed by atoms with Crippen molar-refractivity contribution in [3.05, 3.63) is 77.9 Å². The molecule has 0 fully saturated rings. The molecule has 106 valence electrons. The van der Waals surface area contributed by atoms with E-state index in [0.29, 0.717) is 0 Å². The molecule has 0 saturated heterocycles. The van der Waals surface area contributed by atoms with Gasteiger partial charge in [-0.1, -0.05) is 48.5 Å². The van der Waals surface area contributed by atoms with Crippen molar-refractivity contribution in [2.75, 3.05) is 6.61 Å². The largest absolute Gasteiger partial charge is 0.508 e. The molecule has 0 atom stereocenters. The maximum atomic E-state index is 11.5. The van der Waals surface area contributed by atoms with Gasteiger partial charge in [-0.3, -0.25) is 0 Å². The van der Waals surface area contributed by atoms with Crippen molar-refractivity contribution >= 4 is 18.1 Å². The van der Waals surface area contributed by atoms with Crippen LogP contribution in [0.1, 0.15) is 11.1 Å². The molecule has 2 aromatic carbocycles. The lowest BCUT2D eigenvalue weighted by Gasteiger charge is -1.97. The monoisotopic (exact) mass is 280 g/mol. The Morgan fingerprint density at radius 1 is 0.952 bits per heavy atom. The lowest BCUT2D eigenvalue weighted by Crippen LogP contribution is -1.99. The van der Waals surface area contributed by atoms with Crippen LogP contribution in [-0.4, -0.2) is 17.7 Å². The highest BCUT2D eigenvalue weighted by atomic mass is 16.5. The van der Waals surface area contributed by atoms with E-state index >= 15 is 0 Å². The fraction of sp³-hybridized carbons (Fsp3) is 0.0556. The van der Waals surface area contributed by atoms with Crippen LogP contribution in [0.4, 0.5) is 0 Å². The number of rotatable bonds is 5. The molecular weight excluding hydrogens is 264 g/mol. The van der Waals surface area contributed by atoms with Crippen LogP contribution in [0.15, 0.2) is 66.7 Å². The third kappa shape index (κ3) is 5.37. The normalized spacial score (nSPS) is 11.0. The van der Waals surface area contributed by atoms with E-state index in [4.69, 9.17) is 9.84 Å². The van der Waals surface area contributed by atoms with E-state index in [9.17, 15) is 4.79 Å². The summed E-state index contributed by atoms with van der Waals surface area (Å²) in [5, 5.41) is 9.15. The lowest BCUT2D eigenvalue weighted by atomic mass is 10.2. The van der Waals surface area contributed by atoms with Crippen LogP contribution >= 0.6 is 0 Å². The van der Waals surface area contributed by atoms with Gasteiger partial charge in [0.2, 0.25) is 0 Å². The molecule has 1 N–H and O–H groups in total. The molecule has 0 aromatic heterocycles. The fourth-order valence-corrected chi connectivity index (χ4v) is 1.68. The average Bonchev–Trinajstić information content (AvgIpc) is 2.52. The minimum atomic E-state index is -0.402. The summed E-state index contributed by atoms with van der Waals surface area (Å²) >= 11 is 0. The van der Waals surface area contributed by atoms with Crippen LogP contribution < -0.4 is 0 Å². The van der Waals surface area contributed by atoms with Crippen molar-refractivity contribution in [3.63, 3.8) is 0 Å². The Morgan fingerprint density at radius 2 is 1.62 bits per heavy atom. The van der Waals surface area contributed by atoms with Gasteiger partial charge in [-0.25, -0.2) is 4.79 Å². The Bertz CT molecular complexity index is 625. The molecule has 0 aliphatic heterocycles. The first-order valence-corrected chi connectivity index (χ1v) is 6.59. The summed E-state index contributed by atoms with van der Waals surface area (Å²) in [6.07, 6.45) is 6.70. The number of hydrogen-bond donors (Lipinski definition) is 1. The van der Waals surface area contributed by atoms with Gasteiger partial charge < -0.3 is 9.84 Å². The third-order valence-corrected chi connectivity index (χ3v) is 2.74. The summed E-state index contributed by atoms with van der Waals surface area (Å²) in [6.45, 7) is 0.230. The Balaban J connectivity index is 1.77. The molecule has 0 spiro atoms. The molecule has 3 heteroatoms. The van der Waals surface area contributed by atoms with Gasteiger partial charge in [-0.2, -0.15) is 0 Å². The van der Waals surface area contributed by atoms with Gasteiger partial charge in [-0.15, -0.1) is 0 Å². The Hall–Kier alpha value is -2.81. The Kier molecular flexibility index (Phi) is 5.35. The number of aromatic hydroxyl groups is 1. The standard InChI is InChI=1S/C18H16O3/c19-17-11-8-16(9-12-17)10-13-18(20)21-14-4-7-15-5-2-1-3-6-15/h1-13,19H,14H2/b7-4+,13-10+. The van der Waals surface area contributed by atoms with E-state index in [-0.39, 0.29) is 12.4 Å². The highest BCUT2D eigenvalue weighted by molar-refractivity contribution is 5.87. The van der Waals surface area contributed by atoms with Crippen LogP contribution in [-0.2, 0) is 9.53 Å². The van der Waals surface area contributed by atoms with Gasteiger partial charge in [-0.05, 0) is 35.4 Å². The number of phenolic OH excluding ortho intramolecular Hbond substituents is 1. The number of carbonyl (C=O) groups is 1. The van der Waals surface area contributed by atoms with Crippen molar-refractivity contribution in [2.45, 2.75) is 0 Å². The first kappa shape index (κ1) is 14.6. The zero-order chi connectivity index (χ0) is 14.9. The molecule has 0 amide bonds. The summed E-state index contributed by atoms with van der Waals surface area (Å²) < 4.78 is 5.05. The topological polar surface area (TPSA) is 46.5 Å². The van der Waals surface area contributed by atoms with Crippen LogP contribution in [0.25, 0.3) is 12.2 Å². The predicted octanol–water partition coefficient (Wildman–Crippen LogP) is 3.66. The van der Waals surface area contributed by atoms with Gasteiger partial charge >= 0.3 is 5.97 Å². The van der Waals surface area contributed by atoms with Gasteiger partial charge in [0, 0.05) is 6.08 Å². The van der Waals surface area contributed by atoms with E-state index < -0.39 is 5.97 Å². The minimum Gasteiger partial charge on any atom is -0.508 e. The number of esters is 1. The summed E-state index contributed by atoms with van der Waals surface area (Å²) in [4.78, 5) is 11.5. The quantitative estimate of drug-likeness (QED) is 0.671. The van der Waals surface area contributed by atoms with E-state index in [1.54, 1.807) is 36.4 Å². The Labute approximate surface area is 123 Å². The molecule has 2 rings (SSSR count). The fourth-order valence-electron chi connectivity index (χ4n) is 1.68. The van der Waals surface area contributed by atoms with E-state index in [0.717, 1.165) is 11.1 Å². The predicted molar refractivity (Wildman–Crippen MR) is 83.6 cm³/mol. The van der Waals surface area contributed by atoms with Crippen molar-refractivity contribution in [2.24, 2.45) is 0 Å². The third-order valence-electron chi connectivity index (χ3n) is 2.74. The molecule has 2 aromatic rings. The maximum absolute atomic E-state index is 11.5.